The van der Waals surface area contributed by atoms with Crippen LogP contribution in [0.4, 0.5) is 0 Å². The smallest absolute Gasteiger partial charge is 0.0637 e. The molecule has 0 aliphatic rings. The average Bonchev–Trinajstić information content (AvgIpc) is 2.27. The van der Waals surface area contributed by atoms with Crippen molar-refractivity contribution in [2.24, 2.45) is 5.73 Å². The topological polar surface area (TPSA) is 38.9 Å². The summed E-state index contributed by atoms with van der Waals surface area (Å²) in [5.74, 6) is 0. The lowest BCUT2D eigenvalue weighted by Gasteiger charge is -2.14. The Morgan fingerprint density at radius 3 is 2.50 bits per heavy atom. The number of rotatable bonds is 3. The van der Waals surface area contributed by atoms with E-state index in [2.05, 4.69) is 37.0 Å². The molecule has 3 heteroatoms. The van der Waals surface area contributed by atoms with Crippen molar-refractivity contribution >= 4 is 11.6 Å². The molecule has 0 saturated heterocycles. The van der Waals surface area contributed by atoms with Crippen LogP contribution >= 0.6 is 11.6 Å². The van der Waals surface area contributed by atoms with Crippen molar-refractivity contribution in [2.45, 2.75) is 26.3 Å². The first-order valence-corrected chi connectivity index (χ1v) is 6.36. The van der Waals surface area contributed by atoms with E-state index in [1.807, 2.05) is 6.07 Å². The Bertz CT molecular complexity index is 532. The van der Waals surface area contributed by atoms with Gasteiger partial charge in [-0.1, -0.05) is 40.9 Å². The molecule has 0 fully saturated rings. The molecule has 1 aromatic carbocycles. The number of halogens is 1. The molecule has 0 aliphatic carbocycles. The molecule has 1 unspecified atom stereocenters. The SMILES string of the molecule is Cc1cc(C)cc(CC(N)c2ccncc2Cl)c1. The molecular formula is C15H17ClN2. The number of hydrogen-bond acceptors (Lipinski definition) is 2. The maximum Gasteiger partial charge on any atom is 0.0637 e. The molecule has 2 N–H and O–H groups in total. The number of aryl methyl sites for hydroxylation is 2. The molecule has 1 atom stereocenters. The van der Waals surface area contributed by atoms with Gasteiger partial charge in [-0.25, -0.2) is 0 Å². The first kappa shape index (κ1) is 13.1. The predicted molar refractivity (Wildman–Crippen MR) is 75.8 cm³/mol. The highest BCUT2D eigenvalue weighted by molar-refractivity contribution is 6.31. The molecule has 2 aromatic rings. The van der Waals surface area contributed by atoms with Gasteiger partial charge in [-0.15, -0.1) is 0 Å². The van der Waals surface area contributed by atoms with Gasteiger partial charge in [-0.3, -0.25) is 4.98 Å². The summed E-state index contributed by atoms with van der Waals surface area (Å²) >= 11 is 6.11. The number of nitrogens with two attached hydrogens (primary N) is 1. The van der Waals surface area contributed by atoms with E-state index in [1.165, 1.54) is 16.7 Å². The van der Waals surface area contributed by atoms with Crippen molar-refractivity contribution < 1.29 is 0 Å². The molecule has 94 valence electrons. The molecule has 0 amide bonds. The highest BCUT2D eigenvalue weighted by Gasteiger charge is 2.11. The lowest BCUT2D eigenvalue weighted by Crippen LogP contribution is -2.14. The summed E-state index contributed by atoms with van der Waals surface area (Å²) in [5, 5.41) is 0.634. The Morgan fingerprint density at radius 2 is 1.89 bits per heavy atom. The third-order valence-electron chi connectivity index (χ3n) is 2.94. The minimum Gasteiger partial charge on any atom is -0.324 e. The monoisotopic (exact) mass is 260 g/mol. The standard InChI is InChI=1S/C15H17ClN2/c1-10-5-11(2)7-12(6-10)8-15(17)13-3-4-18-9-14(13)16/h3-7,9,15H,8,17H2,1-2H3. The van der Waals surface area contributed by atoms with E-state index in [0.29, 0.717) is 5.02 Å². The largest absolute Gasteiger partial charge is 0.324 e. The fourth-order valence-corrected chi connectivity index (χ4v) is 2.50. The van der Waals surface area contributed by atoms with Crippen LogP contribution in [-0.4, -0.2) is 4.98 Å². The van der Waals surface area contributed by atoms with Crippen molar-refractivity contribution in [3.63, 3.8) is 0 Å². The maximum absolute atomic E-state index is 6.22. The van der Waals surface area contributed by atoms with E-state index in [0.717, 1.165) is 12.0 Å². The van der Waals surface area contributed by atoms with Gasteiger partial charge in [0.1, 0.15) is 0 Å². The molecule has 0 radical (unpaired) electrons. The molecule has 0 aliphatic heterocycles. The van der Waals surface area contributed by atoms with Gasteiger partial charge in [-0.2, -0.15) is 0 Å². The van der Waals surface area contributed by atoms with Crippen LogP contribution in [0.5, 0.6) is 0 Å². The first-order valence-electron chi connectivity index (χ1n) is 5.98. The van der Waals surface area contributed by atoms with Crippen LogP contribution in [0.2, 0.25) is 5.02 Å². The summed E-state index contributed by atoms with van der Waals surface area (Å²) in [7, 11) is 0. The highest BCUT2D eigenvalue weighted by Crippen LogP contribution is 2.23. The fraction of sp³-hybridized carbons (Fsp3) is 0.267. The summed E-state index contributed by atoms with van der Waals surface area (Å²) in [6.45, 7) is 4.20. The lowest BCUT2D eigenvalue weighted by molar-refractivity contribution is 0.720. The molecule has 0 bridgehead atoms. The van der Waals surface area contributed by atoms with Crippen molar-refractivity contribution in [3.8, 4) is 0 Å². The van der Waals surface area contributed by atoms with E-state index in [4.69, 9.17) is 17.3 Å². The van der Waals surface area contributed by atoms with Crippen molar-refractivity contribution in [2.75, 3.05) is 0 Å². The second kappa shape index (κ2) is 5.51. The third kappa shape index (κ3) is 3.09. The molecule has 1 aromatic heterocycles. The number of nitrogens with zero attached hydrogens (tertiary/aromatic N) is 1. The van der Waals surface area contributed by atoms with Crippen LogP contribution in [0, 0.1) is 13.8 Å². The zero-order valence-electron chi connectivity index (χ0n) is 10.7. The Kier molecular flexibility index (Phi) is 4.00. The zero-order chi connectivity index (χ0) is 13.1. The van der Waals surface area contributed by atoms with Gasteiger partial charge in [0.25, 0.3) is 0 Å². The Balaban J connectivity index is 2.21. The molecule has 18 heavy (non-hydrogen) atoms. The summed E-state index contributed by atoms with van der Waals surface area (Å²) in [6.07, 6.45) is 4.15. The summed E-state index contributed by atoms with van der Waals surface area (Å²) in [4.78, 5) is 3.98. The number of hydrogen-bond donors (Lipinski definition) is 1. The van der Waals surface area contributed by atoms with E-state index in [9.17, 15) is 0 Å². The van der Waals surface area contributed by atoms with Gasteiger partial charge in [0.15, 0.2) is 0 Å². The van der Waals surface area contributed by atoms with Crippen molar-refractivity contribution in [1.29, 1.82) is 0 Å². The summed E-state index contributed by atoms with van der Waals surface area (Å²) in [5.41, 5.74) is 10.9. The second-order valence-electron chi connectivity index (χ2n) is 4.70. The van der Waals surface area contributed by atoms with Crippen LogP contribution in [0.25, 0.3) is 0 Å². The third-order valence-corrected chi connectivity index (χ3v) is 3.26. The summed E-state index contributed by atoms with van der Waals surface area (Å²) < 4.78 is 0. The van der Waals surface area contributed by atoms with Crippen LogP contribution in [0.15, 0.2) is 36.7 Å². The van der Waals surface area contributed by atoms with Crippen LogP contribution in [0.3, 0.4) is 0 Å². The van der Waals surface area contributed by atoms with Gasteiger partial charge in [0.05, 0.1) is 5.02 Å². The van der Waals surface area contributed by atoms with Gasteiger partial charge in [0, 0.05) is 18.4 Å². The lowest BCUT2D eigenvalue weighted by atomic mass is 9.98. The van der Waals surface area contributed by atoms with E-state index < -0.39 is 0 Å². The predicted octanol–water partition coefficient (Wildman–Crippen LogP) is 3.59. The number of pyridine rings is 1. The van der Waals surface area contributed by atoms with Crippen molar-refractivity contribution in [1.82, 2.24) is 4.98 Å². The zero-order valence-corrected chi connectivity index (χ0v) is 11.4. The maximum atomic E-state index is 6.22. The normalized spacial score (nSPS) is 12.4. The van der Waals surface area contributed by atoms with Crippen molar-refractivity contribution in [3.05, 3.63) is 63.9 Å². The molecule has 0 saturated carbocycles. The molecule has 1 heterocycles. The molecule has 2 nitrogen and oxygen atoms in total. The quantitative estimate of drug-likeness (QED) is 0.916. The Morgan fingerprint density at radius 1 is 1.22 bits per heavy atom. The molecule has 2 rings (SSSR count). The van der Waals surface area contributed by atoms with E-state index in [1.54, 1.807) is 12.4 Å². The highest BCUT2D eigenvalue weighted by atomic mass is 35.5. The average molecular weight is 261 g/mol. The van der Waals surface area contributed by atoms with E-state index in [-0.39, 0.29) is 6.04 Å². The van der Waals surface area contributed by atoms with Gasteiger partial charge >= 0.3 is 0 Å². The first-order chi connectivity index (χ1) is 8.56. The van der Waals surface area contributed by atoms with E-state index >= 15 is 0 Å². The second-order valence-corrected chi connectivity index (χ2v) is 5.11. The minimum absolute atomic E-state index is 0.0956. The van der Waals surface area contributed by atoms with Gasteiger partial charge in [-0.05, 0) is 37.5 Å². The summed E-state index contributed by atoms with van der Waals surface area (Å²) in [6, 6.07) is 8.29. The Labute approximate surface area is 113 Å². The minimum atomic E-state index is -0.0956. The number of aromatic nitrogens is 1. The van der Waals surface area contributed by atoms with Gasteiger partial charge < -0.3 is 5.73 Å². The van der Waals surface area contributed by atoms with Crippen LogP contribution < -0.4 is 5.73 Å². The number of benzene rings is 1. The molecular weight excluding hydrogens is 244 g/mol. The Hall–Kier alpha value is -1.38. The van der Waals surface area contributed by atoms with Crippen LogP contribution in [-0.2, 0) is 6.42 Å². The van der Waals surface area contributed by atoms with Crippen LogP contribution in [0.1, 0.15) is 28.3 Å². The van der Waals surface area contributed by atoms with Gasteiger partial charge in [0.2, 0.25) is 0 Å². The molecule has 0 spiro atoms. The fourth-order valence-electron chi connectivity index (χ4n) is 2.24.